The van der Waals surface area contributed by atoms with Crippen LogP contribution in [0.2, 0.25) is 0 Å². The topological polar surface area (TPSA) is 97.5 Å². The monoisotopic (exact) mass is 446 g/mol. The van der Waals surface area contributed by atoms with Gasteiger partial charge in [0.25, 0.3) is 0 Å². The van der Waals surface area contributed by atoms with Gasteiger partial charge in [-0.2, -0.15) is 5.26 Å². The number of H-pyrrole nitrogens is 1. The van der Waals surface area contributed by atoms with Crippen LogP contribution in [0.25, 0.3) is 38.8 Å². The Labute approximate surface area is 190 Å². The lowest BCUT2D eigenvalue weighted by atomic mass is 10.1. The Morgan fingerprint density at radius 3 is 2.44 bits per heavy atom. The Morgan fingerprint density at radius 2 is 1.72 bits per heavy atom. The molecule has 0 saturated heterocycles. The molecule has 0 aliphatic carbocycles. The van der Waals surface area contributed by atoms with Gasteiger partial charge in [0.05, 0.1) is 16.9 Å². The standard InChI is InChI=1S/C24H22N6O.ClH/c1-28-14-18(16-7-2-4-9-20(16)28)23-19(13-26)27-24(31)30(23)22-15-29(12-6-11-25)21-10-5-3-8-17(21)22;/h2-5,7-10,14-15H,6,11-12,25H2,1H3,(H,27,31);1H. The third-order valence-corrected chi connectivity index (χ3v) is 5.77. The molecular weight excluding hydrogens is 424 g/mol. The largest absolute Gasteiger partial charge is 0.350 e. The van der Waals surface area contributed by atoms with Gasteiger partial charge in [-0.3, -0.25) is 9.55 Å². The van der Waals surface area contributed by atoms with Crippen LogP contribution in [0.1, 0.15) is 12.1 Å². The van der Waals surface area contributed by atoms with E-state index in [4.69, 9.17) is 5.73 Å². The number of rotatable bonds is 5. The summed E-state index contributed by atoms with van der Waals surface area (Å²) in [5.74, 6) is 0. The highest BCUT2D eigenvalue weighted by molar-refractivity contribution is 5.97. The minimum absolute atomic E-state index is 0. The number of nitrogens with two attached hydrogens (primary N) is 1. The van der Waals surface area contributed by atoms with Gasteiger partial charge in [-0.25, -0.2) is 4.79 Å². The number of aromatic nitrogens is 4. The number of benzene rings is 2. The van der Waals surface area contributed by atoms with Gasteiger partial charge >= 0.3 is 5.69 Å². The average molecular weight is 447 g/mol. The summed E-state index contributed by atoms with van der Waals surface area (Å²) in [5, 5.41) is 11.8. The maximum Gasteiger partial charge on any atom is 0.331 e. The Balaban J connectivity index is 0.00000245. The van der Waals surface area contributed by atoms with Crippen molar-refractivity contribution in [3.63, 3.8) is 0 Å². The molecule has 0 saturated carbocycles. The molecule has 3 heterocycles. The van der Waals surface area contributed by atoms with E-state index in [0.29, 0.717) is 12.2 Å². The zero-order valence-electron chi connectivity index (χ0n) is 17.6. The molecule has 32 heavy (non-hydrogen) atoms. The van der Waals surface area contributed by atoms with Crippen LogP contribution in [-0.2, 0) is 13.6 Å². The molecule has 162 valence electrons. The third-order valence-electron chi connectivity index (χ3n) is 5.77. The van der Waals surface area contributed by atoms with Gasteiger partial charge in [0.1, 0.15) is 11.8 Å². The minimum Gasteiger partial charge on any atom is -0.350 e. The minimum atomic E-state index is -0.332. The van der Waals surface area contributed by atoms with Crippen molar-refractivity contribution in [1.82, 2.24) is 18.7 Å². The number of para-hydroxylation sites is 2. The highest BCUT2D eigenvalue weighted by Crippen LogP contribution is 2.34. The second-order valence-corrected chi connectivity index (χ2v) is 7.64. The lowest BCUT2D eigenvalue weighted by molar-refractivity contribution is 0.669. The van der Waals surface area contributed by atoms with Gasteiger partial charge in [-0.1, -0.05) is 36.4 Å². The van der Waals surface area contributed by atoms with Gasteiger partial charge < -0.3 is 14.9 Å². The van der Waals surface area contributed by atoms with E-state index in [1.54, 1.807) is 4.57 Å². The summed E-state index contributed by atoms with van der Waals surface area (Å²) in [4.78, 5) is 15.9. The molecule has 5 rings (SSSR count). The SMILES string of the molecule is Cl.Cn1cc(-c2c(C#N)[nH]c(=O)n2-c2cn(CCCN)c3ccccc23)c2ccccc21. The molecule has 0 unspecified atom stereocenters. The molecule has 8 heteroatoms. The molecule has 3 aromatic heterocycles. The number of fused-ring (bicyclic) bond motifs is 2. The Kier molecular flexibility index (Phi) is 5.66. The summed E-state index contributed by atoms with van der Waals surface area (Å²) in [6, 6.07) is 18.1. The first-order chi connectivity index (χ1) is 15.1. The zero-order chi connectivity index (χ0) is 21.5. The summed E-state index contributed by atoms with van der Waals surface area (Å²) >= 11 is 0. The first kappa shape index (κ1) is 21.5. The van der Waals surface area contributed by atoms with E-state index in [-0.39, 0.29) is 23.8 Å². The average Bonchev–Trinajstić information content (AvgIpc) is 3.43. The Bertz CT molecular complexity index is 1530. The van der Waals surface area contributed by atoms with Crippen molar-refractivity contribution in [3.05, 3.63) is 77.1 Å². The second kappa shape index (κ2) is 8.42. The predicted octanol–water partition coefficient (Wildman–Crippen LogP) is 3.92. The molecule has 0 aliphatic heterocycles. The van der Waals surface area contributed by atoms with Crippen LogP contribution in [0.15, 0.2) is 65.7 Å². The number of imidazole rings is 1. The molecule has 0 bridgehead atoms. The number of nitriles is 1. The van der Waals surface area contributed by atoms with Crippen LogP contribution in [0, 0.1) is 11.3 Å². The van der Waals surface area contributed by atoms with Crippen LogP contribution in [-0.4, -0.2) is 25.2 Å². The molecule has 5 aromatic rings. The lowest BCUT2D eigenvalue weighted by Crippen LogP contribution is -2.15. The summed E-state index contributed by atoms with van der Waals surface area (Å²) in [5.41, 5.74) is 9.87. The van der Waals surface area contributed by atoms with E-state index in [9.17, 15) is 10.1 Å². The second-order valence-electron chi connectivity index (χ2n) is 7.64. The van der Waals surface area contributed by atoms with Crippen molar-refractivity contribution in [1.29, 1.82) is 5.26 Å². The van der Waals surface area contributed by atoms with Crippen LogP contribution < -0.4 is 11.4 Å². The summed E-state index contributed by atoms with van der Waals surface area (Å²) in [6.45, 7) is 1.34. The molecule has 0 fully saturated rings. The number of nitrogens with one attached hydrogen (secondary N) is 1. The maximum absolute atomic E-state index is 13.1. The fourth-order valence-electron chi connectivity index (χ4n) is 4.38. The van der Waals surface area contributed by atoms with Crippen LogP contribution in [0.4, 0.5) is 0 Å². The van der Waals surface area contributed by atoms with Crippen LogP contribution >= 0.6 is 12.4 Å². The number of hydrogen-bond acceptors (Lipinski definition) is 3. The van der Waals surface area contributed by atoms with Gasteiger partial charge in [0, 0.05) is 47.8 Å². The number of halogens is 1. The highest BCUT2D eigenvalue weighted by Gasteiger charge is 2.23. The number of aryl methyl sites for hydroxylation is 2. The van der Waals surface area contributed by atoms with Crippen LogP contribution in [0.3, 0.4) is 0 Å². The number of aromatic amines is 1. The molecule has 3 N–H and O–H groups in total. The van der Waals surface area contributed by atoms with Gasteiger partial charge in [0.2, 0.25) is 0 Å². The summed E-state index contributed by atoms with van der Waals surface area (Å²) < 4.78 is 5.76. The molecule has 0 spiro atoms. The molecule has 0 radical (unpaired) electrons. The fourth-order valence-corrected chi connectivity index (χ4v) is 4.38. The van der Waals surface area contributed by atoms with Crippen molar-refractivity contribution in [3.8, 4) is 23.0 Å². The molecule has 7 nitrogen and oxygen atoms in total. The fraction of sp³-hybridized carbons (Fsp3) is 0.167. The number of nitrogens with zero attached hydrogens (tertiary/aromatic N) is 4. The van der Waals surface area contributed by atoms with Crippen molar-refractivity contribution in [2.75, 3.05) is 6.54 Å². The predicted molar refractivity (Wildman–Crippen MR) is 129 cm³/mol. The van der Waals surface area contributed by atoms with Gasteiger partial charge in [-0.15, -0.1) is 12.4 Å². The first-order valence-electron chi connectivity index (χ1n) is 10.2. The quantitative estimate of drug-likeness (QED) is 0.428. The summed E-state index contributed by atoms with van der Waals surface area (Å²) in [7, 11) is 1.96. The molecule has 0 atom stereocenters. The smallest absolute Gasteiger partial charge is 0.331 e. The van der Waals surface area contributed by atoms with Crippen molar-refractivity contribution >= 4 is 34.2 Å². The first-order valence-corrected chi connectivity index (χ1v) is 10.2. The van der Waals surface area contributed by atoms with Crippen molar-refractivity contribution in [2.45, 2.75) is 13.0 Å². The van der Waals surface area contributed by atoms with Gasteiger partial charge in [0.15, 0.2) is 0 Å². The highest BCUT2D eigenvalue weighted by atomic mass is 35.5. The molecular formula is C24H23ClN6O. The Hall–Kier alpha value is -3.73. The van der Waals surface area contributed by atoms with E-state index in [1.807, 2.05) is 72.5 Å². The van der Waals surface area contributed by atoms with E-state index < -0.39 is 0 Å². The third kappa shape index (κ3) is 3.21. The van der Waals surface area contributed by atoms with Crippen LogP contribution in [0.5, 0.6) is 0 Å². The van der Waals surface area contributed by atoms with E-state index in [0.717, 1.165) is 46.0 Å². The lowest BCUT2D eigenvalue weighted by Gasteiger charge is -2.06. The van der Waals surface area contributed by atoms with Gasteiger partial charge in [-0.05, 0) is 25.1 Å². The summed E-state index contributed by atoms with van der Waals surface area (Å²) in [6.07, 6.45) is 4.78. The molecule has 0 aliphatic rings. The maximum atomic E-state index is 13.1. The van der Waals surface area contributed by atoms with E-state index >= 15 is 0 Å². The Morgan fingerprint density at radius 1 is 1.03 bits per heavy atom. The normalized spacial score (nSPS) is 11.0. The number of hydrogen-bond donors (Lipinski definition) is 2. The van der Waals surface area contributed by atoms with E-state index in [2.05, 4.69) is 15.6 Å². The van der Waals surface area contributed by atoms with Crippen molar-refractivity contribution < 1.29 is 0 Å². The van der Waals surface area contributed by atoms with Crippen molar-refractivity contribution in [2.24, 2.45) is 12.8 Å². The molecule has 2 aromatic carbocycles. The van der Waals surface area contributed by atoms with E-state index in [1.165, 1.54) is 0 Å². The zero-order valence-corrected chi connectivity index (χ0v) is 18.4. The molecule has 0 amide bonds.